The molecule has 0 aliphatic carbocycles. The number of amides is 1. The van der Waals surface area contributed by atoms with Crippen molar-refractivity contribution in [3.63, 3.8) is 0 Å². The van der Waals surface area contributed by atoms with Gasteiger partial charge in [-0.05, 0) is 44.0 Å². The minimum Gasteiger partial charge on any atom is -0.468 e. The van der Waals surface area contributed by atoms with Crippen molar-refractivity contribution in [1.29, 1.82) is 0 Å². The Kier molecular flexibility index (Phi) is 6.37. The maximum Gasteiger partial charge on any atom is 0.259 e. The van der Waals surface area contributed by atoms with E-state index in [-0.39, 0.29) is 12.7 Å². The van der Waals surface area contributed by atoms with Crippen molar-refractivity contribution in [3.8, 4) is 5.75 Å². The molecule has 1 heterocycles. The fourth-order valence-corrected chi connectivity index (χ4v) is 2.61. The molecular weight excluding hydrogens is 306 g/mol. The number of aromatic nitrogens is 2. The lowest BCUT2D eigenvalue weighted by atomic mass is 10.1. The van der Waals surface area contributed by atoms with Crippen LogP contribution in [0.3, 0.4) is 0 Å². The zero-order valence-electron chi connectivity index (χ0n) is 14.7. The molecular formula is C18H25N3O3. The standard InChI is InChI=1S/C18H25N3O3/c1-5-15(6-2)21-13(3)17(11-19-21)18(22)20-14-7-9-16(10-8-14)24-12-23-4/h7-11,15H,5-6,12H2,1-4H3,(H,20,22). The fraction of sp³-hybridized carbons (Fsp3) is 0.444. The highest BCUT2D eigenvalue weighted by Gasteiger charge is 2.18. The van der Waals surface area contributed by atoms with Crippen LogP contribution in [-0.2, 0) is 4.74 Å². The van der Waals surface area contributed by atoms with Gasteiger partial charge < -0.3 is 14.8 Å². The summed E-state index contributed by atoms with van der Waals surface area (Å²) in [6, 6.07) is 7.49. The molecule has 130 valence electrons. The Morgan fingerprint density at radius 1 is 1.25 bits per heavy atom. The van der Waals surface area contributed by atoms with Crippen LogP contribution in [0.1, 0.15) is 48.8 Å². The highest BCUT2D eigenvalue weighted by Crippen LogP contribution is 2.21. The summed E-state index contributed by atoms with van der Waals surface area (Å²) >= 11 is 0. The third kappa shape index (κ3) is 4.14. The van der Waals surface area contributed by atoms with E-state index in [0.717, 1.165) is 18.5 Å². The Balaban J connectivity index is 2.07. The Hall–Kier alpha value is -2.34. The summed E-state index contributed by atoms with van der Waals surface area (Å²) in [7, 11) is 1.57. The van der Waals surface area contributed by atoms with Crippen LogP contribution in [-0.4, -0.2) is 29.6 Å². The quantitative estimate of drug-likeness (QED) is 0.748. The van der Waals surface area contributed by atoms with E-state index in [0.29, 0.717) is 23.0 Å². The second-order valence-electron chi connectivity index (χ2n) is 5.59. The highest BCUT2D eigenvalue weighted by atomic mass is 16.7. The molecule has 2 rings (SSSR count). The average Bonchev–Trinajstić information content (AvgIpc) is 2.97. The number of nitrogens with one attached hydrogen (secondary N) is 1. The van der Waals surface area contributed by atoms with E-state index in [1.165, 1.54) is 0 Å². The van der Waals surface area contributed by atoms with Crippen LogP contribution >= 0.6 is 0 Å². The Morgan fingerprint density at radius 3 is 2.50 bits per heavy atom. The number of benzene rings is 1. The summed E-state index contributed by atoms with van der Waals surface area (Å²) < 4.78 is 12.1. The van der Waals surface area contributed by atoms with Crippen LogP contribution in [0, 0.1) is 6.92 Å². The van der Waals surface area contributed by atoms with Crippen LogP contribution in [0.5, 0.6) is 5.75 Å². The number of anilines is 1. The van der Waals surface area contributed by atoms with Crippen molar-refractivity contribution < 1.29 is 14.3 Å². The molecule has 0 aliphatic rings. The van der Waals surface area contributed by atoms with Gasteiger partial charge in [-0.15, -0.1) is 0 Å². The molecule has 0 saturated heterocycles. The van der Waals surface area contributed by atoms with Crippen molar-refractivity contribution >= 4 is 11.6 Å². The van der Waals surface area contributed by atoms with Gasteiger partial charge >= 0.3 is 0 Å². The van der Waals surface area contributed by atoms with Crippen LogP contribution < -0.4 is 10.1 Å². The van der Waals surface area contributed by atoms with Gasteiger partial charge in [-0.3, -0.25) is 9.48 Å². The van der Waals surface area contributed by atoms with Crippen LogP contribution in [0.15, 0.2) is 30.5 Å². The zero-order valence-corrected chi connectivity index (χ0v) is 14.7. The monoisotopic (exact) mass is 331 g/mol. The number of carbonyl (C=O) groups is 1. The first-order valence-corrected chi connectivity index (χ1v) is 8.17. The molecule has 2 aromatic rings. The third-order valence-corrected chi connectivity index (χ3v) is 4.03. The summed E-state index contributed by atoms with van der Waals surface area (Å²) in [5, 5.41) is 7.28. The Bertz CT molecular complexity index is 661. The van der Waals surface area contributed by atoms with E-state index in [1.54, 1.807) is 37.6 Å². The van der Waals surface area contributed by atoms with Crippen molar-refractivity contribution in [2.75, 3.05) is 19.2 Å². The Labute approximate surface area is 142 Å². The predicted molar refractivity (Wildman–Crippen MR) is 93.5 cm³/mol. The molecule has 6 heteroatoms. The first-order valence-electron chi connectivity index (χ1n) is 8.17. The molecule has 0 bridgehead atoms. The van der Waals surface area contributed by atoms with Gasteiger partial charge in [0, 0.05) is 18.5 Å². The third-order valence-electron chi connectivity index (χ3n) is 4.03. The topological polar surface area (TPSA) is 65.4 Å². The summed E-state index contributed by atoms with van der Waals surface area (Å²) in [5.74, 6) is 0.530. The van der Waals surface area contributed by atoms with Crippen LogP contribution in [0.4, 0.5) is 5.69 Å². The minimum absolute atomic E-state index is 0.157. The van der Waals surface area contributed by atoms with Gasteiger partial charge in [0.2, 0.25) is 0 Å². The maximum absolute atomic E-state index is 12.5. The van der Waals surface area contributed by atoms with E-state index >= 15 is 0 Å². The molecule has 1 amide bonds. The molecule has 1 aromatic carbocycles. The molecule has 24 heavy (non-hydrogen) atoms. The van der Waals surface area contributed by atoms with E-state index in [9.17, 15) is 4.79 Å². The Morgan fingerprint density at radius 2 is 1.92 bits per heavy atom. The summed E-state index contributed by atoms with van der Waals surface area (Å²) in [5.41, 5.74) is 2.20. The number of nitrogens with zero attached hydrogens (tertiary/aromatic N) is 2. The second-order valence-corrected chi connectivity index (χ2v) is 5.59. The number of methoxy groups -OCH3 is 1. The first kappa shape index (κ1) is 18.0. The van der Waals surface area contributed by atoms with E-state index in [4.69, 9.17) is 9.47 Å². The van der Waals surface area contributed by atoms with Crippen molar-refractivity contribution in [2.45, 2.75) is 39.7 Å². The number of ether oxygens (including phenoxy) is 2. The summed E-state index contributed by atoms with van der Waals surface area (Å²) in [6.45, 7) is 6.38. The SMILES string of the molecule is CCC(CC)n1ncc(C(=O)Nc2ccc(OCOC)cc2)c1C. The fourth-order valence-electron chi connectivity index (χ4n) is 2.61. The highest BCUT2D eigenvalue weighted by molar-refractivity contribution is 6.04. The number of rotatable bonds is 8. The molecule has 1 N–H and O–H groups in total. The molecule has 0 unspecified atom stereocenters. The molecule has 1 aromatic heterocycles. The zero-order chi connectivity index (χ0) is 17.5. The van der Waals surface area contributed by atoms with E-state index in [2.05, 4.69) is 24.3 Å². The van der Waals surface area contributed by atoms with Crippen LogP contribution in [0.2, 0.25) is 0 Å². The lowest BCUT2D eigenvalue weighted by Gasteiger charge is -2.15. The van der Waals surface area contributed by atoms with Gasteiger partial charge in [0.05, 0.1) is 17.8 Å². The smallest absolute Gasteiger partial charge is 0.259 e. The van der Waals surface area contributed by atoms with Gasteiger partial charge in [-0.2, -0.15) is 5.10 Å². The molecule has 0 fully saturated rings. The molecule has 6 nitrogen and oxygen atoms in total. The van der Waals surface area contributed by atoms with Crippen molar-refractivity contribution in [2.24, 2.45) is 0 Å². The molecule has 0 aliphatic heterocycles. The van der Waals surface area contributed by atoms with Gasteiger partial charge in [0.15, 0.2) is 6.79 Å². The minimum atomic E-state index is -0.157. The average molecular weight is 331 g/mol. The molecule has 0 atom stereocenters. The first-order chi connectivity index (χ1) is 11.6. The normalized spacial score (nSPS) is 10.9. The lowest BCUT2D eigenvalue weighted by molar-refractivity contribution is 0.0511. The van der Waals surface area contributed by atoms with E-state index in [1.807, 2.05) is 11.6 Å². The lowest BCUT2D eigenvalue weighted by Crippen LogP contribution is -2.15. The molecule has 0 saturated carbocycles. The van der Waals surface area contributed by atoms with Gasteiger partial charge in [0.1, 0.15) is 5.75 Å². The summed E-state index contributed by atoms with van der Waals surface area (Å²) in [6.07, 6.45) is 3.62. The summed E-state index contributed by atoms with van der Waals surface area (Å²) in [4.78, 5) is 12.5. The van der Waals surface area contributed by atoms with Crippen LogP contribution in [0.25, 0.3) is 0 Å². The maximum atomic E-state index is 12.5. The van der Waals surface area contributed by atoms with Gasteiger partial charge in [-0.1, -0.05) is 13.8 Å². The predicted octanol–water partition coefficient (Wildman–Crippen LogP) is 3.79. The van der Waals surface area contributed by atoms with Crippen molar-refractivity contribution in [1.82, 2.24) is 9.78 Å². The van der Waals surface area contributed by atoms with E-state index < -0.39 is 0 Å². The molecule has 0 radical (unpaired) electrons. The number of hydrogen-bond donors (Lipinski definition) is 1. The van der Waals surface area contributed by atoms with Gasteiger partial charge in [-0.25, -0.2) is 0 Å². The largest absolute Gasteiger partial charge is 0.468 e. The molecule has 0 spiro atoms. The van der Waals surface area contributed by atoms with Gasteiger partial charge in [0.25, 0.3) is 5.91 Å². The number of hydrogen-bond acceptors (Lipinski definition) is 4. The number of carbonyl (C=O) groups excluding carboxylic acids is 1. The second kappa shape index (κ2) is 8.49. The van der Waals surface area contributed by atoms with Crippen molar-refractivity contribution in [3.05, 3.63) is 41.7 Å².